The fourth-order valence-electron chi connectivity index (χ4n) is 1.76. The third kappa shape index (κ3) is 4.22. The number of nitrogens with zero attached hydrogens (tertiary/aromatic N) is 4. The zero-order valence-electron chi connectivity index (χ0n) is 11.6. The number of aromatic nitrogens is 3. The van der Waals surface area contributed by atoms with Crippen molar-refractivity contribution in [3.8, 4) is 0 Å². The minimum atomic E-state index is -1.10. The van der Waals surface area contributed by atoms with Gasteiger partial charge in [0, 0.05) is 19.9 Å². The minimum absolute atomic E-state index is 0.0803. The monoisotopic (exact) mass is 288 g/mol. The molecule has 21 heavy (non-hydrogen) atoms. The van der Waals surface area contributed by atoms with Crippen molar-refractivity contribution >= 4 is 11.8 Å². The molecule has 7 nitrogen and oxygen atoms in total. The SMILES string of the molecule is COCCN(Cc1ccccn1)c1cnc(C(=O)O)cn1. The summed E-state index contributed by atoms with van der Waals surface area (Å²) in [5.41, 5.74) is 0.806. The number of carbonyl (C=O) groups is 1. The molecule has 0 saturated heterocycles. The van der Waals surface area contributed by atoms with Crippen molar-refractivity contribution < 1.29 is 14.6 Å². The van der Waals surface area contributed by atoms with Crippen LogP contribution in [-0.4, -0.2) is 46.3 Å². The van der Waals surface area contributed by atoms with E-state index in [9.17, 15) is 4.79 Å². The summed E-state index contributed by atoms with van der Waals surface area (Å²) in [7, 11) is 1.62. The summed E-state index contributed by atoms with van der Waals surface area (Å²) in [4.78, 5) is 25.0. The van der Waals surface area contributed by atoms with E-state index in [4.69, 9.17) is 9.84 Å². The molecule has 0 atom stereocenters. The van der Waals surface area contributed by atoms with E-state index in [1.54, 1.807) is 13.3 Å². The Labute approximate surface area is 122 Å². The molecular formula is C14H16N4O3. The van der Waals surface area contributed by atoms with Gasteiger partial charge in [-0.15, -0.1) is 0 Å². The van der Waals surface area contributed by atoms with Crippen molar-refractivity contribution in [3.63, 3.8) is 0 Å². The van der Waals surface area contributed by atoms with Crippen molar-refractivity contribution in [2.24, 2.45) is 0 Å². The van der Waals surface area contributed by atoms with Crippen LogP contribution in [0.15, 0.2) is 36.8 Å². The van der Waals surface area contributed by atoms with Crippen molar-refractivity contribution in [2.75, 3.05) is 25.2 Å². The van der Waals surface area contributed by atoms with Gasteiger partial charge in [0.1, 0.15) is 5.82 Å². The average Bonchev–Trinajstić information content (AvgIpc) is 2.52. The Morgan fingerprint density at radius 2 is 2.14 bits per heavy atom. The predicted octanol–water partition coefficient (Wildman–Crippen LogP) is 1.22. The second kappa shape index (κ2) is 7.30. The van der Waals surface area contributed by atoms with E-state index in [0.717, 1.165) is 5.69 Å². The number of hydrogen-bond acceptors (Lipinski definition) is 6. The molecule has 0 fully saturated rings. The number of rotatable bonds is 7. The second-order valence-electron chi connectivity index (χ2n) is 4.30. The van der Waals surface area contributed by atoms with Crippen LogP contribution in [0.2, 0.25) is 0 Å². The summed E-state index contributed by atoms with van der Waals surface area (Å²) in [6.45, 7) is 1.68. The molecule has 2 rings (SSSR count). The zero-order valence-corrected chi connectivity index (χ0v) is 11.6. The Morgan fingerprint density at radius 3 is 2.71 bits per heavy atom. The van der Waals surface area contributed by atoms with Crippen molar-refractivity contribution in [1.82, 2.24) is 15.0 Å². The molecule has 0 radical (unpaired) electrons. The maximum absolute atomic E-state index is 10.8. The number of methoxy groups -OCH3 is 1. The summed E-state index contributed by atoms with van der Waals surface area (Å²) >= 11 is 0. The summed E-state index contributed by atoms with van der Waals surface area (Å²) in [6.07, 6.45) is 4.42. The zero-order chi connectivity index (χ0) is 15.1. The van der Waals surface area contributed by atoms with E-state index < -0.39 is 5.97 Å². The minimum Gasteiger partial charge on any atom is -0.476 e. The number of carboxylic acids is 1. The number of carboxylic acid groups (broad SMARTS) is 1. The maximum atomic E-state index is 10.8. The van der Waals surface area contributed by atoms with E-state index in [-0.39, 0.29) is 5.69 Å². The van der Waals surface area contributed by atoms with Gasteiger partial charge in [-0.1, -0.05) is 6.07 Å². The van der Waals surface area contributed by atoms with E-state index in [0.29, 0.717) is 25.5 Å². The van der Waals surface area contributed by atoms with Crippen LogP contribution in [0.1, 0.15) is 16.2 Å². The van der Waals surface area contributed by atoms with Gasteiger partial charge < -0.3 is 14.7 Å². The number of ether oxygens (including phenoxy) is 1. The Hall–Kier alpha value is -2.54. The van der Waals surface area contributed by atoms with E-state index in [1.807, 2.05) is 23.1 Å². The first-order valence-electron chi connectivity index (χ1n) is 6.40. The molecule has 7 heteroatoms. The number of anilines is 1. The summed E-state index contributed by atoms with van der Waals surface area (Å²) in [5.74, 6) is -0.509. The Balaban J connectivity index is 2.16. The lowest BCUT2D eigenvalue weighted by atomic mass is 10.3. The molecule has 2 heterocycles. The third-order valence-electron chi connectivity index (χ3n) is 2.83. The first-order valence-corrected chi connectivity index (χ1v) is 6.40. The molecule has 0 aliphatic rings. The second-order valence-corrected chi connectivity index (χ2v) is 4.30. The van der Waals surface area contributed by atoms with Crippen LogP contribution in [0.25, 0.3) is 0 Å². The first-order chi connectivity index (χ1) is 10.2. The molecule has 1 N–H and O–H groups in total. The lowest BCUT2D eigenvalue weighted by Gasteiger charge is -2.22. The fourth-order valence-corrected chi connectivity index (χ4v) is 1.76. The Bertz CT molecular complexity index is 575. The van der Waals surface area contributed by atoms with Crippen LogP contribution in [0.5, 0.6) is 0 Å². The normalized spacial score (nSPS) is 10.3. The molecule has 0 unspecified atom stereocenters. The van der Waals surface area contributed by atoms with Crippen LogP contribution in [0.4, 0.5) is 5.82 Å². The molecule has 0 spiro atoms. The highest BCUT2D eigenvalue weighted by Gasteiger charge is 2.12. The molecule has 0 amide bonds. The first kappa shape index (κ1) is 14.9. The van der Waals surface area contributed by atoms with Gasteiger partial charge in [0.25, 0.3) is 0 Å². The largest absolute Gasteiger partial charge is 0.476 e. The maximum Gasteiger partial charge on any atom is 0.356 e. The molecule has 2 aromatic rings. The standard InChI is InChI=1S/C14H16N4O3/c1-21-7-6-18(10-11-4-2-3-5-15-11)13-9-16-12(8-17-13)14(19)20/h2-5,8-9H,6-7,10H2,1H3,(H,19,20). The molecule has 0 aliphatic heterocycles. The number of hydrogen-bond donors (Lipinski definition) is 1. The lowest BCUT2D eigenvalue weighted by Crippen LogP contribution is -2.28. The van der Waals surface area contributed by atoms with Crippen molar-refractivity contribution in [2.45, 2.75) is 6.54 Å². The molecule has 0 aromatic carbocycles. The van der Waals surface area contributed by atoms with Gasteiger partial charge in [0.15, 0.2) is 5.69 Å². The molecule has 110 valence electrons. The summed E-state index contributed by atoms with van der Waals surface area (Å²) in [6, 6.07) is 5.68. The van der Waals surface area contributed by atoms with Crippen LogP contribution in [0.3, 0.4) is 0 Å². The number of pyridine rings is 1. The smallest absolute Gasteiger partial charge is 0.356 e. The van der Waals surface area contributed by atoms with Gasteiger partial charge in [-0.05, 0) is 12.1 Å². The molecule has 0 bridgehead atoms. The van der Waals surface area contributed by atoms with Gasteiger partial charge in [0.05, 0.1) is 31.2 Å². The molecule has 0 aliphatic carbocycles. The third-order valence-corrected chi connectivity index (χ3v) is 2.83. The fraction of sp³-hybridized carbons (Fsp3) is 0.286. The van der Waals surface area contributed by atoms with Crippen molar-refractivity contribution in [3.05, 3.63) is 48.2 Å². The van der Waals surface area contributed by atoms with Crippen LogP contribution >= 0.6 is 0 Å². The topological polar surface area (TPSA) is 88.4 Å². The van der Waals surface area contributed by atoms with Gasteiger partial charge in [-0.2, -0.15) is 0 Å². The van der Waals surface area contributed by atoms with Crippen LogP contribution in [0, 0.1) is 0 Å². The Kier molecular flexibility index (Phi) is 5.16. The van der Waals surface area contributed by atoms with Gasteiger partial charge >= 0.3 is 5.97 Å². The average molecular weight is 288 g/mol. The number of aromatic carboxylic acids is 1. The predicted molar refractivity (Wildman–Crippen MR) is 76.2 cm³/mol. The van der Waals surface area contributed by atoms with Gasteiger partial charge in [-0.3, -0.25) is 4.98 Å². The van der Waals surface area contributed by atoms with E-state index in [1.165, 1.54) is 12.4 Å². The highest BCUT2D eigenvalue weighted by Crippen LogP contribution is 2.12. The van der Waals surface area contributed by atoms with E-state index in [2.05, 4.69) is 15.0 Å². The van der Waals surface area contributed by atoms with Gasteiger partial charge in [-0.25, -0.2) is 14.8 Å². The molecule has 0 saturated carbocycles. The highest BCUT2D eigenvalue weighted by atomic mass is 16.5. The van der Waals surface area contributed by atoms with Crippen LogP contribution < -0.4 is 4.90 Å². The molecule has 2 aromatic heterocycles. The quantitative estimate of drug-likeness (QED) is 0.819. The Morgan fingerprint density at radius 1 is 1.29 bits per heavy atom. The molecular weight excluding hydrogens is 272 g/mol. The lowest BCUT2D eigenvalue weighted by molar-refractivity contribution is 0.0690. The van der Waals surface area contributed by atoms with Crippen molar-refractivity contribution in [1.29, 1.82) is 0 Å². The van der Waals surface area contributed by atoms with Crippen LogP contribution in [-0.2, 0) is 11.3 Å². The van der Waals surface area contributed by atoms with Gasteiger partial charge in [0.2, 0.25) is 0 Å². The summed E-state index contributed by atoms with van der Waals surface area (Å²) in [5, 5.41) is 8.84. The van der Waals surface area contributed by atoms with E-state index >= 15 is 0 Å². The summed E-state index contributed by atoms with van der Waals surface area (Å²) < 4.78 is 5.09. The highest BCUT2D eigenvalue weighted by molar-refractivity contribution is 5.84.